The molecule has 0 aliphatic heterocycles. The maximum Gasteiger partial charge on any atom is 0.175 e. The highest BCUT2D eigenvalue weighted by atomic mass is 79.9. The van der Waals surface area contributed by atoms with E-state index in [4.69, 9.17) is 21.1 Å². The molecule has 1 aromatic heterocycles. The fourth-order valence-electron chi connectivity index (χ4n) is 3.69. The van der Waals surface area contributed by atoms with Gasteiger partial charge < -0.3 is 19.8 Å². The van der Waals surface area contributed by atoms with Gasteiger partial charge in [-0.1, -0.05) is 48.0 Å². The van der Waals surface area contributed by atoms with Crippen molar-refractivity contribution >= 4 is 38.4 Å². The van der Waals surface area contributed by atoms with E-state index in [-0.39, 0.29) is 0 Å². The van der Waals surface area contributed by atoms with Crippen LogP contribution in [0.15, 0.2) is 71.3 Å². The summed E-state index contributed by atoms with van der Waals surface area (Å²) < 4.78 is 12.8. The summed E-state index contributed by atoms with van der Waals surface area (Å²) in [5.74, 6) is 1.41. The zero-order valence-electron chi connectivity index (χ0n) is 18.0. The lowest BCUT2D eigenvalue weighted by atomic mass is 10.1. The number of para-hydroxylation sites is 1. The monoisotopic (exact) mass is 512 g/mol. The van der Waals surface area contributed by atoms with Gasteiger partial charge in [0.25, 0.3) is 0 Å². The molecule has 0 unspecified atom stereocenters. The van der Waals surface area contributed by atoms with E-state index in [1.54, 1.807) is 0 Å². The van der Waals surface area contributed by atoms with Crippen molar-refractivity contribution in [1.82, 2.24) is 10.3 Å². The van der Waals surface area contributed by atoms with Crippen LogP contribution >= 0.6 is 27.5 Å². The lowest BCUT2D eigenvalue weighted by Gasteiger charge is -2.16. The van der Waals surface area contributed by atoms with Gasteiger partial charge in [0.2, 0.25) is 0 Å². The molecular formula is C26H26BrClN2O2. The molecule has 0 bridgehead atoms. The largest absolute Gasteiger partial charge is 0.490 e. The third-order valence-corrected chi connectivity index (χ3v) is 6.23. The van der Waals surface area contributed by atoms with Crippen LogP contribution in [0.2, 0.25) is 5.02 Å². The molecule has 4 aromatic rings. The predicted octanol–water partition coefficient (Wildman–Crippen LogP) is 6.89. The second-order valence-electron chi connectivity index (χ2n) is 7.50. The fourth-order valence-corrected chi connectivity index (χ4v) is 4.48. The first-order valence-electron chi connectivity index (χ1n) is 10.7. The summed E-state index contributed by atoms with van der Waals surface area (Å²) in [7, 11) is 0. The highest BCUT2D eigenvalue weighted by Gasteiger charge is 2.13. The first kappa shape index (κ1) is 22.7. The third-order valence-electron chi connectivity index (χ3n) is 5.27. The number of fused-ring (bicyclic) bond motifs is 1. The van der Waals surface area contributed by atoms with Crippen LogP contribution in [-0.4, -0.2) is 18.1 Å². The maximum absolute atomic E-state index is 6.26. The maximum atomic E-state index is 6.26. The number of halogens is 2. The van der Waals surface area contributed by atoms with Crippen molar-refractivity contribution in [2.75, 3.05) is 13.2 Å². The minimum atomic E-state index is 0.376. The van der Waals surface area contributed by atoms with Crippen molar-refractivity contribution in [2.45, 2.75) is 26.5 Å². The van der Waals surface area contributed by atoms with E-state index in [1.165, 1.54) is 16.5 Å². The van der Waals surface area contributed by atoms with E-state index in [2.05, 4.69) is 62.8 Å². The van der Waals surface area contributed by atoms with Crippen molar-refractivity contribution in [3.63, 3.8) is 0 Å². The van der Waals surface area contributed by atoms with Gasteiger partial charge in [0.05, 0.1) is 11.1 Å². The Morgan fingerprint density at radius 3 is 2.66 bits per heavy atom. The predicted molar refractivity (Wildman–Crippen MR) is 135 cm³/mol. The molecule has 4 rings (SSSR count). The van der Waals surface area contributed by atoms with E-state index < -0.39 is 0 Å². The average molecular weight is 514 g/mol. The lowest BCUT2D eigenvalue weighted by molar-refractivity contribution is 0.267. The summed E-state index contributed by atoms with van der Waals surface area (Å²) in [5.41, 5.74) is 4.57. The topological polar surface area (TPSA) is 46.3 Å². The molecule has 166 valence electrons. The van der Waals surface area contributed by atoms with Gasteiger partial charge in [0.1, 0.15) is 6.61 Å². The molecule has 2 N–H and O–H groups in total. The van der Waals surface area contributed by atoms with Gasteiger partial charge in [-0.15, -0.1) is 0 Å². The number of H-pyrrole nitrogens is 1. The van der Waals surface area contributed by atoms with Gasteiger partial charge in [0, 0.05) is 34.2 Å². The molecule has 0 atom stereocenters. The Balaban J connectivity index is 1.39. The first-order chi connectivity index (χ1) is 15.7. The SMILES string of the molecule is CCOc1cc(CNCCc2c[nH]c3ccccc23)cc(Br)c1OCc1ccccc1Cl. The van der Waals surface area contributed by atoms with Crippen LogP contribution in [0.1, 0.15) is 23.6 Å². The Bertz CT molecular complexity index is 1190. The number of nitrogens with one attached hydrogen (secondary N) is 2. The van der Waals surface area contributed by atoms with Gasteiger partial charge >= 0.3 is 0 Å². The normalized spacial score (nSPS) is 11.1. The zero-order chi connectivity index (χ0) is 22.3. The van der Waals surface area contributed by atoms with Crippen LogP contribution in [0, 0.1) is 0 Å². The van der Waals surface area contributed by atoms with Crippen molar-refractivity contribution in [2.24, 2.45) is 0 Å². The Morgan fingerprint density at radius 1 is 1.00 bits per heavy atom. The van der Waals surface area contributed by atoms with E-state index in [0.29, 0.717) is 24.0 Å². The number of benzene rings is 3. The Kier molecular flexibility index (Phi) is 7.74. The molecular weight excluding hydrogens is 488 g/mol. The highest BCUT2D eigenvalue weighted by molar-refractivity contribution is 9.10. The number of hydrogen-bond acceptors (Lipinski definition) is 3. The number of ether oxygens (including phenoxy) is 2. The molecule has 0 aliphatic carbocycles. The first-order valence-corrected chi connectivity index (χ1v) is 11.9. The van der Waals surface area contributed by atoms with E-state index in [0.717, 1.165) is 40.9 Å². The van der Waals surface area contributed by atoms with Gasteiger partial charge in [-0.25, -0.2) is 0 Å². The van der Waals surface area contributed by atoms with Crippen LogP contribution < -0.4 is 14.8 Å². The second-order valence-corrected chi connectivity index (χ2v) is 8.77. The number of rotatable bonds is 10. The molecule has 6 heteroatoms. The zero-order valence-corrected chi connectivity index (χ0v) is 20.3. The molecule has 0 aliphatic rings. The van der Waals surface area contributed by atoms with Gasteiger partial charge in [-0.2, -0.15) is 0 Å². The van der Waals surface area contributed by atoms with Crippen LogP contribution in [0.4, 0.5) is 0 Å². The summed E-state index contributed by atoms with van der Waals surface area (Å²) in [6, 6.07) is 20.2. The Morgan fingerprint density at radius 2 is 1.81 bits per heavy atom. The van der Waals surface area contributed by atoms with Crippen molar-refractivity contribution in [3.8, 4) is 11.5 Å². The van der Waals surface area contributed by atoms with Crippen molar-refractivity contribution in [3.05, 3.63) is 93.0 Å². The lowest BCUT2D eigenvalue weighted by Crippen LogP contribution is -2.16. The molecule has 0 spiro atoms. The van der Waals surface area contributed by atoms with Crippen LogP contribution in [0.5, 0.6) is 11.5 Å². The summed E-state index contributed by atoms with van der Waals surface area (Å²) in [4.78, 5) is 3.34. The smallest absolute Gasteiger partial charge is 0.175 e. The second kappa shape index (κ2) is 10.9. The van der Waals surface area contributed by atoms with Gasteiger partial charge in [0.15, 0.2) is 11.5 Å². The molecule has 0 fully saturated rings. The molecule has 0 radical (unpaired) electrons. The highest BCUT2D eigenvalue weighted by Crippen LogP contribution is 2.38. The Labute approximate surface area is 202 Å². The minimum Gasteiger partial charge on any atom is -0.490 e. The summed E-state index contributed by atoms with van der Waals surface area (Å²) in [5, 5.41) is 5.52. The molecule has 0 saturated carbocycles. The molecule has 32 heavy (non-hydrogen) atoms. The molecule has 4 nitrogen and oxygen atoms in total. The van der Waals surface area contributed by atoms with Crippen LogP contribution in [-0.2, 0) is 19.6 Å². The number of hydrogen-bond donors (Lipinski definition) is 2. The summed E-state index contributed by atoms with van der Waals surface area (Å²) in [6.45, 7) is 4.53. The fraction of sp³-hybridized carbons (Fsp3) is 0.231. The Hall–Kier alpha value is -2.47. The molecule has 0 saturated heterocycles. The summed E-state index contributed by atoms with van der Waals surface area (Å²) >= 11 is 9.92. The standard InChI is InChI=1S/C26H26BrClN2O2/c1-2-31-25-14-18(13-22(27)26(25)32-17-20-7-3-5-9-23(20)28)15-29-12-11-19-16-30-24-10-6-4-8-21(19)24/h3-10,13-14,16,29-30H,2,11-12,15,17H2,1H3. The van der Waals surface area contributed by atoms with E-state index in [1.807, 2.05) is 37.3 Å². The van der Waals surface area contributed by atoms with E-state index in [9.17, 15) is 0 Å². The number of aromatic nitrogens is 1. The van der Waals surface area contributed by atoms with Gasteiger partial charge in [-0.3, -0.25) is 0 Å². The average Bonchev–Trinajstić information content (AvgIpc) is 3.21. The molecule has 1 heterocycles. The van der Waals surface area contributed by atoms with Crippen molar-refractivity contribution in [1.29, 1.82) is 0 Å². The summed E-state index contributed by atoms with van der Waals surface area (Å²) in [6.07, 6.45) is 3.06. The third kappa shape index (κ3) is 5.47. The molecule has 0 amide bonds. The van der Waals surface area contributed by atoms with Crippen LogP contribution in [0.3, 0.4) is 0 Å². The molecule has 3 aromatic carbocycles. The van der Waals surface area contributed by atoms with Crippen LogP contribution in [0.25, 0.3) is 10.9 Å². The number of aromatic amines is 1. The minimum absolute atomic E-state index is 0.376. The van der Waals surface area contributed by atoms with Crippen molar-refractivity contribution < 1.29 is 9.47 Å². The van der Waals surface area contributed by atoms with E-state index >= 15 is 0 Å². The quantitative estimate of drug-likeness (QED) is 0.227. The van der Waals surface area contributed by atoms with Gasteiger partial charge in [-0.05, 0) is 71.2 Å².